The van der Waals surface area contributed by atoms with Crippen LogP contribution in [0.15, 0.2) is 63.8 Å². The molecular formula is C21H21NO4S. The van der Waals surface area contributed by atoms with Crippen LogP contribution in [0.2, 0.25) is 0 Å². The number of carbonyl (C=O) groups excluding carboxylic acids is 1. The van der Waals surface area contributed by atoms with Crippen molar-refractivity contribution in [1.29, 1.82) is 0 Å². The molecule has 3 rings (SSSR count). The third-order valence-electron chi connectivity index (χ3n) is 4.30. The highest BCUT2D eigenvalue weighted by Gasteiger charge is 2.14. The molecule has 27 heavy (non-hydrogen) atoms. The molecule has 2 aromatic carbocycles. The molecule has 0 unspecified atom stereocenters. The fourth-order valence-corrected chi connectivity index (χ4v) is 3.35. The number of hydrogen-bond acceptors (Lipinski definition) is 5. The second-order valence-corrected chi connectivity index (χ2v) is 7.19. The Labute approximate surface area is 161 Å². The van der Waals surface area contributed by atoms with Crippen LogP contribution >= 0.6 is 11.8 Å². The summed E-state index contributed by atoms with van der Waals surface area (Å²) in [6.07, 6.45) is 2.67. The van der Waals surface area contributed by atoms with Crippen molar-refractivity contribution in [3.63, 3.8) is 0 Å². The van der Waals surface area contributed by atoms with Crippen LogP contribution in [0.5, 0.6) is 0 Å². The summed E-state index contributed by atoms with van der Waals surface area (Å²) in [5.74, 6) is 0.575. The molecule has 0 saturated carbocycles. The average molecular weight is 383 g/mol. The molecule has 1 amide bonds. The zero-order valence-corrected chi connectivity index (χ0v) is 15.8. The monoisotopic (exact) mass is 383 g/mol. The molecule has 0 radical (unpaired) electrons. The predicted octanol–water partition coefficient (Wildman–Crippen LogP) is 3.30. The van der Waals surface area contributed by atoms with E-state index in [1.807, 2.05) is 24.5 Å². The van der Waals surface area contributed by atoms with E-state index in [1.165, 1.54) is 0 Å². The van der Waals surface area contributed by atoms with Crippen LogP contribution in [-0.4, -0.2) is 35.7 Å². The van der Waals surface area contributed by atoms with E-state index in [0.717, 1.165) is 11.1 Å². The molecule has 5 nitrogen and oxygen atoms in total. The largest absolute Gasteiger partial charge is 0.422 e. The fourth-order valence-electron chi connectivity index (χ4n) is 2.83. The maximum Gasteiger partial charge on any atom is 0.344 e. The van der Waals surface area contributed by atoms with E-state index < -0.39 is 5.63 Å². The van der Waals surface area contributed by atoms with Crippen LogP contribution < -0.4 is 10.9 Å². The molecule has 0 bridgehead atoms. The number of benzene rings is 2. The molecule has 0 aliphatic heterocycles. The number of fused-ring (bicyclic) bond motifs is 1. The summed E-state index contributed by atoms with van der Waals surface area (Å²) in [7, 11) is 0. The fraction of sp³-hybridized carbons (Fsp3) is 0.238. The van der Waals surface area contributed by atoms with E-state index in [0.29, 0.717) is 28.7 Å². The van der Waals surface area contributed by atoms with Crippen molar-refractivity contribution in [2.45, 2.75) is 12.5 Å². The van der Waals surface area contributed by atoms with Gasteiger partial charge in [-0.25, -0.2) is 4.79 Å². The summed E-state index contributed by atoms with van der Waals surface area (Å²) < 4.78 is 5.38. The van der Waals surface area contributed by atoms with Crippen molar-refractivity contribution in [3.05, 3.63) is 70.6 Å². The first-order valence-corrected chi connectivity index (χ1v) is 10.1. The quantitative estimate of drug-likeness (QED) is 0.612. The number of rotatable bonds is 7. The Morgan fingerprint density at radius 3 is 2.78 bits per heavy atom. The van der Waals surface area contributed by atoms with E-state index in [2.05, 4.69) is 5.32 Å². The predicted molar refractivity (Wildman–Crippen MR) is 109 cm³/mol. The van der Waals surface area contributed by atoms with E-state index in [-0.39, 0.29) is 18.6 Å². The Morgan fingerprint density at radius 2 is 2.00 bits per heavy atom. The molecule has 1 aromatic heterocycles. The van der Waals surface area contributed by atoms with E-state index in [1.54, 1.807) is 48.2 Å². The number of nitrogens with one attached hydrogen (secondary N) is 1. The third kappa shape index (κ3) is 4.59. The molecule has 0 aliphatic carbocycles. The Kier molecular flexibility index (Phi) is 6.32. The molecule has 0 saturated heterocycles. The van der Waals surface area contributed by atoms with Gasteiger partial charge in [-0.15, -0.1) is 0 Å². The number of amides is 1. The molecule has 2 N–H and O–H groups in total. The summed E-state index contributed by atoms with van der Waals surface area (Å²) in [6.45, 7) is -0.111. The van der Waals surface area contributed by atoms with Gasteiger partial charge < -0.3 is 14.8 Å². The van der Waals surface area contributed by atoms with E-state index in [4.69, 9.17) is 4.42 Å². The normalized spacial score (nSPS) is 12.1. The maximum absolute atomic E-state index is 12.5. The van der Waals surface area contributed by atoms with Crippen LogP contribution in [0.25, 0.3) is 22.1 Å². The minimum atomic E-state index is -0.445. The van der Waals surface area contributed by atoms with Crippen molar-refractivity contribution < 1.29 is 14.3 Å². The van der Waals surface area contributed by atoms with Crippen molar-refractivity contribution in [1.82, 2.24) is 5.32 Å². The topological polar surface area (TPSA) is 79.5 Å². The summed E-state index contributed by atoms with van der Waals surface area (Å²) in [6, 6.07) is 15.6. The van der Waals surface area contributed by atoms with Crippen molar-refractivity contribution in [3.8, 4) is 11.1 Å². The van der Waals surface area contributed by atoms with Crippen molar-refractivity contribution in [2.75, 3.05) is 18.6 Å². The van der Waals surface area contributed by atoms with Gasteiger partial charge in [0.2, 0.25) is 0 Å². The van der Waals surface area contributed by atoms with Gasteiger partial charge in [0.25, 0.3) is 5.91 Å². The van der Waals surface area contributed by atoms with Crippen molar-refractivity contribution in [2.24, 2.45) is 0 Å². The molecule has 1 atom stereocenters. The van der Waals surface area contributed by atoms with Crippen LogP contribution in [0.3, 0.4) is 0 Å². The minimum absolute atomic E-state index is 0.111. The van der Waals surface area contributed by atoms with Crippen LogP contribution in [-0.2, 0) is 0 Å². The maximum atomic E-state index is 12.5. The standard InChI is InChI=1S/C21H21NO4S/c1-27-10-9-17(13-23)22-20(24)16-7-4-6-14(11-16)18-12-15-5-2-3-8-19(15)26-21(18)25/h2-8,11-12,17,23H,9-10,13H2,1H3,(H,22,24)/t17-/m0/s1. The van der Waals surface area contributed by atoms with Gasteiger partial charge in [0.1, 0.15) is 5.58 Å². The first kappa shape index (κ1) is 19.2. The van der Waals surface area contributed by atoms with Gasteiger partial charge in [-0.1, -0.05) is 30.3 Å². The second kappa shape index (κ2) is 8.88. The third-order valence-corrected chi connectivity index (χ3v) is 4.95. The summed E-state index contributed by atoms with van der Waals surface area (Å²) >= 11 is 1.66. The van der Waals surface area contributed by atoms with Crippen LogP contribution in [0.1, 0.15) is 16.8 Å². The van der Waals surface area contributed by atoms with E-state index in [9.17, 15) is 14.7 Å². The average Bonchev–Trinajstić information content (AvgIpc) is 2.70. The molecule has 3 aromatic rings. The van der Waals surface area contributed by atoms with Crippen molar-refractivity contribution >= 4 is 28.6 Å². The first-order valence-electron chi connectivity index (χ1n) is 8.66. The molecule has 6 heteroatoms. The smallest absolute Gasteiger partial charge is 0.344 e. The summed E-state index contributed by atoms with van der Waals surface area (Å²) in [4.78, 5) is 24.9. The molecular weight excluding hydrogens is 362 g/mol. The van der Waals surface area contributed by atoms with Gasteiger partial charge >= 0.3 is 5.63 Å². The number of carbonyl (C=O) groups is 1. The number of thioether (sulfide) groups is 1. The Balaban J connectivity index is 1.88. The highest BCUT2D eigenvalue weighted by Crippen LogP contribution is 2.22. The van der Waals surface area contributed by atoms with Crippen LogP contribution in [0.4, 0.5) is 0 Å². The van der Waals surface area contributed by atoms with Gasteiger partial charge in [-0.2, -0.15) is 11.8 Å². The van der Waals surface area contributed by atoms with Gasteiger partial charge in [0.05, 0.1) is 18.2 Å². The highest BCUT2D eigenvalue weighted by atomic mass is 32.2. The Hall–Kier alpha value is -2.57. The SMILES string of the molecule is CSCC[C@@H](CO)NC(=O)c1cccc(-c2cc3ccccc3oc2=O)c1. The lowest BCUT2D eigenvalue weighted by Crippen LogP contribution is -2.37. The second-order valence-electron chi connectivity index (χ2n) is 6.20. The summed E-state index contributed by atoms with van der Waals surface area (Å²) in [5, 5.41) is 13.1. The van der Waals surface area contributed by atoms with E-state index >= 15 is 0 Å². The molecule has 0 spiro atoms. The first-order chi connectivity index (χ1) is 13.1. The lowest BCUT2D eigenvalue weighted by molar-refractivity contribution is 0.0915. The van der Waals surface area contributed by atoms with Gasteiger partial charge in [-0.3, -0.25) is 4.79 Å². The number of aliphatic hydroxyl groups excluding tert-OH is 1. The lowest BCUT2D eigenvalue weighted by Gasteiger charge is -2.16. The lowest BCUT2D eigenvalue weighted by atomic mass is 10.0. The van der Waals surface area contributed by atoms with Crippen LogP contribution in [0, 0.1) is 0 Å². The number of para-hydroxylation sites is 1. The molecule has 1 heterocycles. The van der Waals surface area contributed by atoms with Gasteiger partial charge in [-0.05, 0) is 48.3 Å². The Bertz CT molecular complexity index is 999. The highest BCUT2D eigenvalue weighted by molar-refractivity contribution is 7.98. The van der Waals surface area contributed by atoms with Gasteiger partial charge in [0, 0.05) is 10.9 Å². The Morgan fingerprint density at radius 1 is 1.19 bits per heavy atom. The molecule has 0 aliphatic rings. The number of aliphatic hydroxyl groups is 1. The minimum Gasteiger partial charge on any atom is -0.422 e. The molecule has 0 fully saturated rings. The molecule has 140 valence electrons. The summed E-state index contributed by atoms with van der Waals surface area (Å²) in [5.41, 5.74) is 1.54. The zero-order chi connectivity index (χ0) is 19.2. The van der Waals surface area contributed by atoms with Gasteiger partial charge in [0.15, 0.2) is 0 Å². The number of hydrogen-bond donors (Lipinski definition) is 2. The zero-order valence-electron chi connectivity index (χ0n) is 15.0.